The Morgan fingerprint density at radius 2 is 1.70 bits per heavy atom. The van der Waals surface area contributed by atoms with Gasteiger partial charge in [-0.25, -0.2) is 15.2 Å². The number of aryl methyl sites for hydroxylation is 1. The van der Waals surface area contributed by atoms with Crippen LogP contribution in [0.25, 0.3) is 22.5 Å². The number of ketones is 1. The minimum absolute atomic E-state index is 0.153. The Balaban J connectivity index is 1.46. The third-order valence-corrected chi connectivity index (χ3v) is 8.03. The van der Waals surface area contributed by atoms with E-state index in [2.05, 4.69) is 37.5 Å². The molecule has 0 radical (unpaired) electrons. The fourth-order valence-electron chi connectivity index (χ4n) is 5.12. The van der Waals surface area contributed by atoms with Crippen LogP contribution in [0.15, 0.2) is 66.7 Å². The molecule has 222 valence electrons. The van der Waals surface area contributed by atoms with Crippen molar-refractivity contribution < 1.29 is 14.6 Å². The number of hydroxylamine groups is 3. The number of aromatic nitrogens is 7. The van der Waals surface area contributed by atoms with Gasteiger partial charge in [0.2, 0.25) is 11.6 Å². The number of aromatic amines is 1. The smallest absolute Gasteiger partial charge is 0.230 e. The van der Waals surface area contributed by atoms with Crippen molar-refractivity contribution in [1.82, 2.24) is 35.2 Å². The zero-order valence-electron chi connectivity index (χ0n) is 24.7. The van der Waals surface area contributed by atoms with Crippen molar-refractivity contribution in [1.29, 1.82) is 0 Å². The normalized spacial score (nSPS) is 11.7. The number of benzene rings is 2. The highest BCUT2D eigenvalue weighted by atomic mass is 35.5. The zero-order chi connectivity index (χ0) is 30.4. The molecule has 0 aliphatic carbocycles. The number of hydrogen-bond donors (Lipinski definition) is 2. The summed E-state index contributed by atoms with van der Waals surface area (Å²) in [6.45, 7) is 7.78. The van der Waals surface area contributed by atoms with Crippen molar-refractivity contribution in [2.24, 2.45) is 0 Å². The van der Waals surface area contributed by atoms with E-state index in [-0.39, 0.29) is 21.3 Å². The van der Waals surface area contributed by atoms with Gasteiger partial charge in [0.15, 0.2) is 11.7 Å². The molecule has 11 heteroatoms. The number of tetrazole rings is 1. The highest BCUT2D eigenvalue weighted by molar-refractivity contribution is 6.33. The third kappa shape index (κ3) is 6.72. The maximum absolute atomic E-state index is 13.9. The Morgan fingerprint density at radius 3 is 2.37 bits per heavy atom. The van der Waals surface area contributed by atoms with Gasteiger partial charge < -0.3 is 4.57 Å². The summed E-state index contributed by atoms with van der Waals surface area (Å²) in [6.07, 6.45) is 2.61. The predicted octanol–water partition coefficient (Wildman–Crippen LogP) is 6.15. The summed E-state index contributed by atoms with van der Waals surface area (Å²) in [6, 6.07) is 21.4. The fourth-order valence-corrected chi connectivity index (χ4v) is 5.41. The minimum Gasteiger partial charge on any atom is -0.319 e. The van der Waals surface area contributed by atoms with Crippen molar-refractivity contribution in [3.8, 4) is 22.5 Å². The van der Waals surface area contributed by atoms with E-state index in [1.54, 1.807) is 12.1 Å². The average molecular weight is 600 g/mol. The lowest BCUT2D eigenvalue weighted by molar-refractivity contribution is -1.11. The fraction of sp³-hybridized carbons (Fsp3) is 0.312. The van der Waals surface area contributed by atoms with Crippen LogP contribution < -0.4 is 0 Å². The maximum atomic E-state index is 13.9. The highest BCUT2D eigenvalue weighted by Gasteiger charge is 2.26. The van der Waals surface area contributed by atoms with Gasteiger partial charge in [-0.1, -0.05) is 79.5 Å². The molecule has 0 unspecified atom stereocenters. The average Bonchev–Trinajstić information content (AvgIpc) is 3.68. The number of halogens is 1. The number of carbonyl (C=O) groups excluding carboxylic acids is 1. The van der Waals surface area contributed by atoms with Crippen LogP contribution in [0.5, 0.6) is 0 Å². The second kappa shape index (κ2) is 13.4. The highest BCUT2D eigenvalue weighted by Crippen LogP contribution is 2.30. The van der Waals surface area contributed by atoms with Crippen LogP contribution in [0, 0.1) is 0 Å². The van der Waals surface area contributed by atoms with Crippen molar-refractivity contribution >= 4 is 17.4 Å². The summed E-state index contributed by atoms with van der Waals surface area (Å²) >= 11 is 6.66. The first kappa shape index (κ1) is 30.2. The summed E-state index contributed by atoms with van der Waals surface area (Å²) in [7, 11) is 0. The molecule has 0 atom stereocenters. The lowest BCUT2D eigenvalue weighted by Crippen LogP contribution is -2.43. The van der Waals surface area contributed by atoms with Crippen LogP contribution in [0.1, 0.15) is 66.9 Å². The molecule has 3 aromatic heterocycles. The molecule has 0 saturated heterocycles. The zero-order valence-corrected chi connectivity index (χ0v) is 25.4. The van der Waals surface area contributed by atoms with Gasteiger partial charge in [-0.05, 0) is 54.3 Å². The predicted molar refractivity (Wildman–Crippen MR) is 165 cm³/mol. The van der Waals surface area contributed by atoms with E-state index in [1.807, 2.05) is 73.0 Å². The Bertz CT molecular complexity index is 1680. The quantitative estimate of drug-likeness (QED) is 0.0945. The molecule has 0 spiro atoms. The Hall–Kier alpha value is -4.25. The van der Waals surface area contributed by atoms with Gasteiger partial charge >= 0.3 is 0 Å². The first-order valence-electron chi connectivity index (χ1n) is 14.6. The summed E-state index contributed by atoms with van der Waals surface area (Å²) in [5.41, 5.74) is 5.11. The number of pyridine rings is 1. The molecular formula is C32H36ClN8O2+. The summed E-state index contributed by atoms with van der Waals surface area (Å²) in [4.78, 5) is 23.2. The lowest BCUT2D eigenvalue weighted by Gasteiger charge is -2.27. The summed E-state index contributed by atoms with van der Waals surface area (Å²) in [5.74, 6) is 1.000. The van der Waals surface area contributed by atoms with Crippen molar-refractivity contribution in [3.05, 3.63) is 100 Å². The lowest BCUT2D eigenvalue weighted by atomic mass is 9.98. The van der Waals surface area contributed by atoms with Crippen LogP contribution >= 0.6 is 11.6 Å². The van der Waals surface area contributed by atoms with E-state index in [9.17, 15) is 10.0 Å². The molecule has 0 amide bonds. The second-order valence-corrected chi connectivity index (χ2v) is 10.9. The number of quaternary nitrogens is 1. The van der Waals surface area contributed by atoms with Crippen LogP contribution in [-0.2, 0) is 19.5 Å². The molecule has 0 aliphatic heterocycles. The number of H-pyrrole nitrogens is 1. The van der Waals surface area contributed by atoms with Gasteiger partial charge in [0.1, 0.15) is 30.3 Å². The molecule has 0 aliphatic rings. The van der Waals surface area contributed by atoms with Crippen LogP contribution in [-0.4, -0.2) is 63.9 Å². The Kier molecular flexibility index (Phi) is 9.40. The van der Waals surface area contributed by atoms with E-state index in [0.717, 1.165) is 40.9 Å². The molecule has 2 aromatic carbocycles. The van der Waals surface area contributed by atoms with Gasteiger partial charge in [0, 0.05) is 18.5 Å². The number of hydrogen-bond acceptors (Lipinski definition) is 7. The van der Waals surface area contributed by atoms with Gasteiger partial charge in [0.25, 0.3) is 0 Å². The molecule has 0 bridgehead atoms. The summed E-state index contributed by atoms with van der Waals surface area (Å²) < 4.78 is 1.77. The first-order chi connectivity index (χ1) is 20.9. The number of rotatable bonds is 13. The van der Waals surface area contributed by atoms with E-state index in [4.69, 9.17) is 11.6 Å². The molecule has 0 saturated carbocycles. The van der Waals surface area contributed by atoms with Crippen LogP contribution in [0.4, 0.5) is 0 Å². The SMILES string of the molecule is CCCCc1nc(Cl)c(C(=O)c2cccc(C[N+](O)(CC)CC)n2)n1Cc1ccc(-c2ccccc2-c2nn[nH]n2)cc1. The molecule has 5 aromatic rings. The van der Waals surface area contributed by atoms with Crippen molar-refractivity contribution in [3.63, 3.8) is 0 Å². The molecule has 0 fully saturated rings. The maximum Gasteiger partial charge on any atom is 0.230 e. The van der Waals surface area contributed by atoms with Crippen molar-refractivity contribution in [2.45, 2.75) is 53.1 Å². The topological polar surface area (TPSA) is 122 Å². The Labute approximate surface area is 255 Å². The van der Waals surface area contributed by atoms with Crippen LogP contribution in [0.2, 0.25) is 5.15 Å². The molecule has 5 rings (SSSR count). The molecule has 43 heavy (non-hydrogen) atoms. The number of unbranched alkanes of at least 4 members (excludes halogenated alkanes) is 1. The van der Waals surface area contributed by atoms with Crippen LogP contribution in [0.3, 0.4) is 0 Å². The minimum atomic E-state index is -0.295. The van der Waals surface area contributed by atoms with E-state index >= 15 is 0 Å². The van der Waals surface area contributed by atoms with Gasteiger partial charge in [-0.3, -0.25) is 4.79 Å². The second-order valence-electron chi connectivity index (χ2n) is 10.6. The van der Waals surface area contributed by atoms with E-state index < -0.39 is 0 Å². The van der Waals surface area contributed by atoms with E-state index in [1.165, 1.54) is 0 Å². The standard InChI is InChI=1S/C32H36ClN8O2/c1-4-7-15-28-35-31(33)29(30(42)27-14-10-11-24(34-27)21-41(43,5-2)6-3)40(28)20-22-16-18-23(19-17-22)25-12-8-9-13-26(25)32-36-38-39-37-32/h8-14,16-19,43H,4-7,15,20-21H2,1-3H3,(H,36,37,38,39)/q+1. The van der Waals surface area contributed by atoms with Gasteiger partial charge in [0.05, 0.1) is 5.69 Å². The molecule has 3 heterocycles. The van der Waals surface area contributed by atoms with Crippen molar-refractivity contribution in [2.75, 3.05) is 13.1 Å². The monoisotopic (exact) mass is 599 g/mol. The Morgan fingerprint density at radius 1 is 0.953 bits per heavy atom. The number of nitrogens with one attached hydrogen (secondary N) is 1. The largest absolute Gasteiger partial charge is 0.319 e. The van der Waals surface area contributed by atoms with E-state index in [0.29, 0.717) is 49.8 Å². The number of imidazole rings is 1. The van der Waals surface area contributed by atoms with Gasteiger partial charge in [-0.15, -0.1) is 10.2 Å². The molecule has 2 N–H and O–H groups in total. The molecular weight excluding hydrogens is 564 g/mol. The van der Waals surface area contributed by atoms with Gasteiger partial charge in [-0.2, -0.15) is 9.86 Å². The number of nitrogens with zero attached hydrogens (tertiary/aromatic N) is 7. The summed E-state index contributed by atoms with van der Waals surface area (Å²) in [5, 5.41) is 25.5. The first-order valence-corrected chi connectivity index (χ1v) is 15.0. The number of carbonyl (C=O) groups is 1. The third-order valence-electron chi connectivity index (χ3n) is 7.77. The molecule has 10 nitrogen and oxygen atoms in total.